The molecule has 4 rings (SSSR count). The second kappa shape index (κ2) is 7.40. The Morgan fingerprint density at radius 2 is 2.19 bits per heavy atom. The number of nitrogens with one attached hydrogen (secondary N) is 1. The summed E-state index contributed by atoms with van der Waals surface area (Å²) in [5.41, 5.74) is 2.21. The first-order valence-corrected chi connectivity index (χ1v) is 9.18. The predicted molar refractivity (Wildman–Crippen MR) is 102 cm³/mol. The Kier molecular flexibility index (Phi) is 4.81. The van der Waals surface area contributed by atoms with Crippen LogP contribution in [0.15, 0.2) is 51.9 Å². The number of nitrogens with zero attached hydrogens (tertiary/aromatic N) is 1. The number of carbonyl (C=O) groups is 1. The number of H-pyrrole nitrogens is 1. The van der Waals surface area contributed by atoms with E-state index in [4.69, 9.17) is 9.15 Å². The van der Waals surface area contributed by atoms with E-state index >= 15 is 0 Å². The third-order valence-corrected chi connectivity index (χ3v) is 4.99. The molecule has 0 unspecified atom stereocenters. The summed E-state index contributed by atoms with van der Waals surface area (Å²) in [5, 5.41) is 0.951. The average Bonchev–Trinajstić information content (AvgIpc) is 3.36. The van der Waals surface area contributed by atoms with Gasteiger partial charge in [0.2, 0.25) is 0 Å². The molecule has 0 saturated carbocycles. The summed E-state index contributed by atoms with van der Waals surface area (Å²) in [5.74, 6) is 0.0281. The Morgan fingerprint density at radius 1 is 1.30 bits per heavy atom. The molecule has 2 aromatic heterocycles. The van der Waals surface area contributed by atoms with Gasteiger partial charge in [-0.2, -0.15) is 0 Å². The molecule has 0 spiro atoms. The number of pyridine rings is 1. The number of aryl methyl sites for hydroxylation is 1. The van der Waals surface area contributed by atoms with Gasteiger partial charge in [0.1, 0.15) is 0 Å². The quantitative estimate of drug-likeness (QED) is 0.752. The largest absolute Gasteiger partial charge is 0.459 e. The molecule has 1 fully saturated rings. The van der Waals surface area contributed by atoms with E-state index in [1.165, 1.54) is 6.26 Å². The summed E-state index contributed by atoms with van der Waals surface area (Å²) in [6, 6.07) is 11.1. The first-order chi connectivity index (χ1) is 13.1. The molecule has 1 aromatic carbocycles. The Labute approximate surface area is 156 Å². The molecule has 0 bridgehead atoms. The molecule has 1 atom stereocenters. The van der Waals surface area contributed by atoms with Crippen LogP contribution in [0.3, 0.4) is 0 Å². The van der Waals surface area contributed by atoms with Gasteiger partial charge in [0.25, 0.3) is 11.5 Å². The fourth-order valence-electron chi connectivity index (χ4n) is 3.56. The monoisotopic (exact) mass is 366 g/mol. The van der Waals surface area contributed by atoms with E-state index in [1.807, 2.05) is 31.2 Å². The van der Waals surface area contributed by atoms with Gasteiger partial charge in [-0.05, 0) is 48.9 Å². The SMILES string of the molecule is Cc1cccc2cc(CN(C[C@H]3CCCO3)C(=O)c3ccco3)c(=O)[nH]c12. The van der Waals surface area contributed by atoms with Gasteiger partial charge in [-0.15, -0.1) is 0 Å². The lowest BCUT2D eigenvalue weighted by atomic mass is 10.1. The summed E-state index contributed by atoms with van der Waals surface area (Å²) in [7, 11) is 0. The van der Waals surface area contributed by atoms with Crippen molar-refractivity contribution in [3.05, 3.63) is 69.9 Å². The van der Waals surface area contributed by atoms with Gasteiger partial charge in [-0.25, -0.2) is 0 Å². The zero-order chi connectivity index (χ0) is 18.8. The molecule has 0 radical (unpaired) electrons. The first kappa shape index (κ1) is 17.5. The fraction of sp³-hybridized carbons (Fsp3) is 0.333. The summed E-state index contributed by atoms with van der Waals surface area (Å²) < 4.78 is 11.0. The number of aromatic amines is 1. The molecule has 6 nitrogen and oxygen atoms in total. The van der Waals surface area contributed by atoms with Gasteiger partial charge < -0.3 is 19.0 Å². The van der Waals surface area contributed by atoms with Crippen molar-refractivity contribution in [3.8, 4) is 0 Å². The summed E-state index contributed by atoms with van der Waals surface area (Å²) in [6.07, 6.45) is 3.37. The number of para-hydroxylation sites is 1. The maximum atomic E-state index is 12.9. The third-order valence-electron chi connectivity index (χ3n) is 4.99. The van der Waals surface area contributed by atoms with Crippen LogP contribution in [0, 0.1) is 6.92 Å². The minimum absolute atomic E-state index is 0.00862. The Bertz CT molecular complexity index is 1000. The number of rotatable bonds is 5. The van der Waals surface area contributed by atoms with Crippen molar-refractivity contribution in [2.45, 2.75) is 32.4 Å². The molecule has 1 amide bonds. The highest BCUT2D eigenvalue weighted by atomic mass is 16.5. The van der Waals surface area contributed by atoms with E-state index in [0.29, 0.717) is 18.7 Å². The lowest BCUT2D eigenvalue weighted by molar-refractivity contribution is 0.0483. The van der Waals surface area contributed by atoms with Crippen LogP contribution in [-0.4, -0.2) is 35.0 Å². The van der Waals surface area contributed by atoms with Crippen LogP contribution in [-0.2, 0) is 11.3 Å². The molecule has 27 heavy (non-hydrogen) atoms. The molecule has 3 aromatic rings. The van der Waals surface area contributed by atoms with Crippen molar-refractivity contribution in [2.75, 3.05) is 13.2 Å². The molecule has 1 aliphatic heterocycles. The minimum Gasteiger partial charge on any atom is -0.459 e. The number of hydrogen-bond donors (Lipinski definition) is 1. The van der Waals surface area contributed by atoms with E-state index in [0.717, 1.165) is 29.3 Å². The van der Waals surface area contributed by atoms with Crippen molar-refractivity contribution in [1.82, 2.24) is 9.88 Å². The fourth-order valence-corrected chi connectivity index (χ4v) is 3.56. The predicted octanol–water partition coefficient (Wildman–Crippen LogP) is 3.25. The summed E-state index contributed by atoms with van der Waals surface area (Å²) in [6.45, 7) is 3.31. The van der Waals surface area contributed by atoms with E-state index in [-0.39, 0.29) is 29.9 Å². The topological polar surface area (TPSA) is 75.5 Å². The van der Waals surface area contributed by atoms with E-state index in [1.54, 1.807) is 17.0 Å². The summed E-state index contributed by atoms with van der Waals surface area (Å²) >= 11 is 0. The second-order valence-corrected chi connectivity index (χ2v) is 6.96. The molecule has 1 aliphatic rings. The first-order valence-electron chi connectivity index (χ1n) is 9.18. The van der Waals surface area contributed by atoms with Crippen molar-refractivity contribution in [1.29, 1.82) is 0 Å². The van der Waals surface area contributed by atoms with Crippen molar-refractivity contribution in [2.24, 2.45) is 0 Å². The van der Waals surface area contributed by atoms with E-state index < -0.39 is 0 Å². The van der Waals surface area contributed by atoms with Gasteiger partial charge in [-0.3, -0.25) is 9.59 Å². The van der Waals surface area contributed by atoms with Gasteiger partial charge in [0, 0.05) is 18.7 Å². The highest BCUT2D eigenvalue weighted by molar-refractivity contribution is 5.91. The normalized spacial score (nSPS) is 16.7. The number of carbonyl (C=O) groups excluding carboxylic acids is 1. The van der Waals surface area contributed by atoms with Crippen LogP contribution in [0.4, 0.5) is 0 Å². The number of furan rings is 1. The molecular formula is C21H22N2O4. The molecule has 140 valence electrons. The van der Waals surface area contributed by atoms with Crippen molar-refractivity contribution in [3.63, 3.8) is 0 Å². The lowest BCUT2D eigenvalue weighted by Gasteiger charge is -2.24. The van der Waals surface area contributed by atoms with E-state index in [9.17, 15) is 9.59 Å². The van der Waals surface area contributed by atoms with Crippen LogP contribution in [0.1, 0.15) is 34.5 Å². The van der Waals surface area contributed by atoms with E-state index in [2.05, 4.69) is 4.98 Å². The highest BCUT2D eigenvalue weighted by Crippen LogP contribution is 2.19. The molecular weight excluding hydrogens is 344 g/mol. The van der Waals surface area contributed by atoms with Crippen molar-refractivity contribution >= 4 is 16.8 Å². The smallest absolute Gasteiger partial charge is 0.289 e. The van der Waals surface area contributed by atoms with Crippen LogP contribution < -0.4 is 5.56 Å². The standard InChI is InChI=1S/C21H22N2O4/c1-14-5-2-6-15-11-16(20(24)22-19(14)15)12-23(13-17-7-3-9-26-17)21(25)18-8-4-10-27-18/h2,4-6,8,10-11,17H,3,7,9,12-13H2,1H3,(H,22,24)/t17-/m1/s1. The molecule has 1 saturated heterocycles. The number of fused-ring (bicyclic) bond motifs is 1. The average molecular weight is 366 g/mol. The van der Waals surface area contributed by atoms with Crippen LogP contribution in [0.2, 0.25) is 0 Å². The molecule has 1 N–H and O–H groups in total. The third kappa shape index (κ3) is 3.66. The van der Waals surface area contributed by atoms with Crippen LogP contribution in [0.5, 0.6) is 0 Å². The Balaban J connectivity index is 1.66. The Morgan fingerprint density at radius 3 is 2.93 bits per heavy atom. The number of ether oxygens (including phenoxy) is 1. The molecule has 0 aliphatic carbocycles. The lowest BCUT2D eigenvalue weighted by Crippen LogP contribution is -2.38. The summed E-state index contributed by atoms with van der Waals surface area (Å²) in [4.78, 5) is 30.1. The van der Waals surface area contributed by atoms with Gasteiger partial charge in [-0.1, -0.05) is 18.2 Å². The Hall–Kier alpha value is -2.86. The number of hydrogen-bond acceptors (Lipinski definition) is 4. The molecule has 6 heteroatoms. The minimum atomic E-state index is -0.237. The maximum absolute atomic E-state index is 12.9. The van der Waals surface area contributed by atoms with Crippen LogP contribution >= 0.6 is 0 Å². The highest BCUT2D eigenvalue weighted by Gasteiger charge is 2.25. The van der Waals surface area contributed by atoms with Gasteiger partial charge >= 0.3 is 0 Å². The maximum Gasteiger partial charge on any atom is 0.289 e. The number of benzene rings is 1. The van der Waals surface area contributed by atoms with Gasteiger partial charge in [0.15, 0.2) is 5.76 Å². The van der Waals surface area contributed by atoms with Crippen molar-refractivity contribution < 1.29 is 13.9 Å². The number of amides is 1. The van der Waals surface area contributed by atoms with Gasteiger partial charge in [0.05, 0.1) is 24.4 Å². The zero-order valence-corrected chi connectivity index (χ0v) is 15.2. The molecule has 3 heterocycles. The van der Waals surface area contributed by atoms with Crippen LogP contribution in [0.25, 0.3) is 10.9 Å². The number of aromatic nitrogens is 1. The second-order valence-electron chi connectivity index (χ2n) is 6.96. The zero-order valence-electron chi connectivity index (χ0n) is 15.2.